The highest BCUT2D eigenvalue weighted by Crippen LogP contribution is 2.29. The molecule has 3 rings (SSSR count). The van der Waals surface area contributed by atoms with Crippen molar-refractivity contribution in [3.63, 3.8) is 0 Å². The third kappa shape index (κ3) is 5.26. The number of hydrogen-bond acceptors (Lipinski definition) is 4. The van der Waals surface area contributed by atoms with Crippen LogP contribution in [0.25, 0.3) is 0 Å². The lowest BCUT2D eigenvalue weighted by molar-refractivity contribution is -0.126. The normalized spacial score (nSPS) is 15.5. The van der Waals surface area contributed by atoms with E-state index in [0.717, 1.165) is 0 Å². The number of hydrogen-bond donors (Lipinski definition) is 2. The Hall–Kier alpha value is -2.15. The number of fused-ring (bicyclic) bond motifs is 1. The Bertz CT molecular complexity index is 923. The maximum absolute atomic E-state index is 12.8. The topological polar surface area (TPSA) is 70.7 Å². The fourth-order valence-electron chi connectivity index (χ4n) is 2.95. The number of nitrogens with one attached hydrogen (secondary N) is 2. The van der Waals surface area contributed by atoms with Gasteiger partial charge < -0.3 is 10.1 Å². The predicted octanol–water partition coefficient (Wildman–Crippen LogP) is 5.14. The zero-order valence-corrected chi connectivity index (χ0v) is 17.9. The summed E-state index contributed by atoms with van der Waals surface area (Å²) in [5, 5.41) is 5.95. The van der Waals surface area contributed by atoms with Crippen LogP contribution in [0, 0.1) is 0 Å². The quantitative estimate of drug-likeness (QED) is 0.566. The summed E-state index contributed by atoms with van der Waals surface area (Å²) < 4.78 is 5.58. The number of hydrazine groups is 1. The molecule has 0 saturated carbocycles. The highest BCUT2D eigenvalue weighted by molar-refractivity contribution is 6.35. The molecule has 1 aliphatic heterocycles. The van der Waals surface area contributed by atoms with Crippen molar-refractivity contribution >= 4 is 52.3 Å². The highest BCUT2D eigenvalue weighted by atomic mass is 35.5. The van der Waals surface area contributed by atoms with Crippen LogP contribution in [0.4, 0.5) is 5.69 Å². The first-order chi connectivity index (χ1) is 13.9. The fraction of sp³-hybridized carbons (Fsp3) is 0.300. The Morgan fingerprint density at radius 1 is 1.17 bits per heavy atom. The minimum atomic E-state index is -0.343. The number of halogens is 3. The van der Waals surface area contributed by atoms with Crippen molar-refractivity contribution in [2.75, 3.05) is 11.9 Å². The minimum Gasteiger partial charge on any atom is -0.492 e. The van der Waals surface area contributed by atoms with Crippen LogP contribution in [-0.4, -0.2) is 29.6 Å². The monoisotopic (exact) mass is 455 g/mol. The predicted molar refractivity (Wildman–Crippen MR) is 115 cm³/mol. The first-order valence-corrected chi connectivity index (χ1v) is 10.3. The molecule has 1 unspecified atom stereocenters. The molecule has 0 aromatic heterocycles. The van der Waals surface area contributed by atoms with Gasteiger partial charge >= 0.3 is 0 Å². The van der Waals surface area contributed by atoms with Gasteiger partial charge in [0.25, 0.3) is 5.91 Å². The van der Waals surface area contributed by atoms with Crippen molar-refractivity contribution in [1.82, 2.24) is 10.4 Å². The van der Waals surface area contributed by atoms with E-state index in [4.69, 9.17) is 39.5 Å². The standard InChI is InChI=1S/C20H20Cl3N3O3/c1-2-18-24-16-7-5-12(21)10-14(16)20(28)26(18)25-19(27)4-3-9-29-17-8-6-13(22)11-15(17)23/h5-8,10-11,18,24H,2-4,9H2,1H3,(H,25,27). The second-order valence-corrected chi connectivity index (χ2v) is 7.78. The number of rotatable bonds is 7. The molecule has 1 aliphatic rings. The Labute approximate surface area is 184 Å². The molecule has 1 atom stereocenters. The van der Waals surface area contributed by atoms with E-state index in [1.807, 2.05) is 6.92 Å². The molecule has 2 aromatic carbocycles. The highest BCUT2D eigenvalue weighted by Gasteiger charge is 2.32. The van der Waals surface area contributed by atoms with Crippen LogP contribution in [0.3, 0.4) is 0 Å². The van der Waals surface area contributed by atoms with Gasteiger partial charge in [-0.25, -0.2) is 5.01 Å². The second kappa shape index (κ2) is 9.57. The van der Waals surface area contributed by atoms with Crippen molar-refractivity contribution in [3.05, 3.63) is 57.0 Å². The Kier molecular flexibility index (Phi) is 7.11. The summed E-state index contributed by atoms with van der Waals surface area (Å²) in [5.74, 6) is -0.0769. The summed E-state index contributed by atoms with van der Waals surface area (Å²) in [4.78, 5) is 25.2. The lowest BCUT2D eigenvalue weighted by atomic mass is 10.1. The molecule has 29 heavy (non-hydrogen) atoms. The summed E-state index contributed by atoms with van der Waals surface area (Å²) in [6.07, 6.45) is 0.920. The average molecular weight is 457 g/mol. The van der Waals surface area contributed by atoms with E-state index in [0.29, 0.717) is 51.5 Å². The smallest absolute Gasteiger partial charge is 0.276 e. The lowest BCUT2D eigenvalue weighted by Crippen LogP contribution is -2.57. The van der Waals surface area contributed by atoms with Crippen LogP contribution < -0.4 is 15.5 Å². The summed E-state index contributed by atoms with van der Waals surface area (Å²) in [7, 11) is 0. The molecule has 1 heterocycles. The van der Waals surface area contributed by atoms with Crippen LogP contribution in [0.1, 0.15) is 36.5 Å². The summed E-state index contributed by atoms with van der Waals surface area (Å²) in [6.45, 7) is 2.23. The maximum Gasteiger partial charge on any atom is 0.276 e. The molecule has 2 amide bonds. The van der Waals surface area contributed by atoms with Crippen LogP contribution in [0.15, 0.2) is 36.4 Å². The first kappa shape index (κ1) is 21.6. The molecule has 0 aliphatic carbocycles. The fourth-order valence-corrected chi connectivity index (χ4v) is 3.58. The number of amides is 2. The van der Waals surface area contributed by atoms with Gasteiger partial charge in [0, 0.05) is 22.2 Å². The molecule has 2 aromatic rings. The van der Waals surface area contributed by atoms with E-state index in [1.54, 1.807) is 36.4 Å². The van der Waals surface area contributed by atoms with Crippen molar-refractivity contribution in [2.45, 2.75) is 32.4 Å². The molecule has 9 heteroatoms. The van der Waals surface area contributed by atoms with E-state index in [-0.39, 0.29) is 24.4 Å². The van der Waals surface area contributed by atoms with Gasteiger partial charge in [-0.05, 0) is 49.2 Å². The second-order valence-electron chi connectivity index (χ2n) is 6.50. The average Bonchev–Trinajstić information content (AvgIpc) is 2.69. The number of carbonyl (C=O) groups excluding carboxylic acids is 2. The third-order valence-electron chi connectivity index (χ3n) is 4.40. The summed E-state index contributed by atoms with van der Waals surface area (Å²) in [6, 6.07) is 10.0. The Morgan fingerprint density at radius 2 is 1.90 bits per heavy atom. The SMILES string of the molecule is CCC1Nc2ccc(Cl)cc2C(=O)N1NC(=O)CCCOc1ccc(Cl)cc1Cl. The molecule has 0 fully saturated rings. The van der Waals surface area contributed by atoms with Gasteiger partial charge in [0.15, 0.2) is 0 Å². The van der Waals surface area contributed by atoms with E-state index >= 15 is 0 Å². The van der Waals surface area contributed by atoms with E-state index < -0.39 is 0 Å². The van der Waals surface area contributed by atoms with Crippen molar-refractivity contribution in [3.8, 4) is 5.75 Å². The van der Waals surface area contributed by atoms with Crippen molar-refractivity contribution < 1.29 is 14.3 Å². The molecule has 0 spiro atoms. The van der Waals surface area contributed by atoms with Crippen LogP contribution in [0.2, 0.25) is 15.1 Å². The maximum atomic E-state index is 12.8. The molecule has 0 saturated heterocycles. The van der Waals surface area contributed by atoms with E-state index in [9.17, 15) is 9.59 Å². The van der Waals surface area contributed by atoms with Gasteiger partial charge in [-0.2, -0.15) is 0 Å². The van der Waals surface area contributed by atoms with Crippen molar-refractivity contribution in [2.24, 2.45) is 0 Å². The Balaban J connectivity index is 1.54. The van der Waals surface area contributed by atoms with Gasteiger partial charge in [0.05, 0.1) is 17.2 Å². The Morgan fingerprint density at radius 3 is 2.62 bits per heavy atom. The lowest BCUT2D eigenvalue weighted by Gasteiger charge is -2.37. The van der Waals surface area contributed by atoms with E-state index in [2.05, 4.69) is 10.7 Å². The van der Waals surface area contributed by atoms with Crippen LogP contribution >= 0.6 is 34.8 Å². The summed E-state index contributed by atoms with van der Waals surface area (Å²) >= 11 is 17.9. The molecule has 0 radical (unpaired) electrons. The number of ether oxygens (including phenoxy) is 1. The first-order valence-electron chi connectivity index (χ1n) is 9.16. The van der Waals surface area contributed by atoms with Crippen LogP contribution in [0.5, 0.6) is 5.75 Å². The largest absolute Gasteiger partial charge is 0.492 e. The van der Waals surface area contributed by atoms with Gasteiger partial charge in [0.1, 0.15) is 11.9 Å². The number of nitrogens with zero attached hydrogens (tertiary/aromatic N) is 1. The number of benzene rings is 2. The zero-order chi connectivity index (χ0) is 21.0. The van der Waals surface area contributed by atoms with E-state index in [1.165, 1.54) is 5.01 Å². The molecule has 2 N–H and O–H groups in total. The number of anilines is 1. The van der Waals surface area contributed by atoms with Gasteiger partial charge in [0.2, 0.25) is 5.91 Å². The zero-order valence-electron chi connectivity index (χ0n) is 15.7. The molecular weight excluding hydrogens is 437 g/mol. The minimum absolute atomic E-state index is 0.188. The third-order valence-corrected chi connectivity index (χ3v) is 5.16. The molecule has 154 valence electrons. The molecular formula is C20H20Cl3N3O3. The molecule has 6 nitrogen and oxygen atoms in total. The van der Waals surface area contributed by atoms with Gasteiger partial charge in [-0.15, -0.1) is 0 Å². The van der Waals surface area contributed by atoms with Gasteiger partial charge in [-0.1, -0.05) is 41.7 Å². The van der Waals surface area contributed by atoms with Crippen LogP contribution in [-0.2, 0) is 4.79 Å². The molecule has 0 bridgehead atoms. The van der Waals surface area contributed by atoms with Crippen molar-refractivity contribution in [1.29, 1.82) is 0 Å². The number of carbonyl (C=O) groups is 2. The van der Waals surface area contributed by atoms with Gasteiger partial charge in [-0.3, -0.25) is 15.0 Å². The summed E-state index contributed by atoms with van der Waals surface area (Å²) in [5.41, 5.74) is 3.81.